The molecule has 24 heavy (non-hydrogen) atoms. The molecule has 1 fully saturated rings. The molecule has 4 N–H and O–H groups in total. The van der Waals surface area contributed by atoms with Crippen LogP contribution >= 0.6 is 11.3 Å². The Labute approximate surface area is 144 Å². The molecule has 0 aromatic carbocycles. The summed E-state index contributed by atoms with van der Waals surface area (Å²) in [6.07, 6.45) is 5.82. The molecule has 0 spiro atoms. The summed E-state index contributed by atoms with van der Waals surface area (Å²) < 4.78 is 0. The van der Waals surface area contributed by atoms with Gasteiger partial charge in [0.2, 0.25) is 5.91 Å². The maximum atomic E-state index is 12.5. The molecule has 1 saturated heterocycles. The lowest BCUT2D eigenvalue weighted by Crippen LogP contribution is -2.45. The molecule has 2 amide bonds. The molecule has 2 aromatic heterocycles. The maximum absolute atomic E-state index is 12.5. The number of hydrogen-bond donors (Lipinski definition) is 3. The number of H-pyrrole nitrogens is 1. The molecule has 7 nitrogen and oxygen atoms in total. The number of amides is 2. The van der Waals surface area contributed by atoms with Crippen molar-refractivity contribution in [3.63, 3.8) is 0 Å². The number of nitrogens with two attached hydrogens (primary N) is 1. The van der Waals surface area contributed by atoms with E-state index in [4.69, 9.17) is 5.73 Å². The molecule has 0 unspecified atom stereocenters. The largest absolute Gasteiger partial charge is 0.366 e. The summed E-state index contributed by atoms with van der Waals surface area (Å²) in [5.41, 5.74) is 6.91. The lowest BCUT2D eigenvalue weighted by atomic mass is 9.91. The standard InChI is InChI=1S/C16H21N5O2S/c1-10(15(23)20-16-13(14(17)22)4-7-24-16)21-5-2-11(3-6-21)12-8-18-19-9-12/h4,7-11H,2-3,5-6H2,1H3,(H2,17,22)(H,18,19)(H,20,23)/t10-/m1/s1. The average Bonchev–Trinajstić information content (AvgIpc) is 3.26. The molecule has 0 aliphatic carbocycles. The van der Waals surface area contributed by atoms with E-state index in [9.17, 15) is 9.59 Å². The van der Waals surface area contributed by atoms with Crippen molar-refractivity contribution in [2.24, 2.45) is 5.73 Å². The second kappa shape index (κ2) is 7.14. The van der Waals surface area contributed by atoms with E-state index in [1.165, 1.54) is 16.9 Å². The fourth-order valence-corrected chi connectivity index (χ4v) is 3.88. The van der Waals surface area contributed by atoms with Crippen LogP contribution in [-0.2, 0) is 4.79 Å². The van der Waals surface area contributed by atoms with Crippen molar-refractivity contribution in [2.45, 2.75) is 31.7 Å². The summed E-state index contributed by atoms with van der Waals surface area (Å²) in [4.78, 5) is 26.0. The zero-order valence-electron chi connectivity index (χ0n) is 13.5. The molecule has 0 radical (unpaired) electrons. The lowest BCUT2D eigenvalue weighted by Gasteiger charge is -2.35. The zero-order valence-corrected chi connectivity index (χ0v) is 14.3. The average molecular weight is 347 g/mol. The van der Waals surface area contributed by atoms with Crippen molar-refractivity contribution < 1.29 is 9.59 Å². The number of anilines is 1. The van der Waals surface area contributed by atoms with E-state index in [1.54, 1.807) is 11.4 Å². The molecule has 3 heterocycles. The number of hydrogen-bond acceptors (Lipinski definition) is 5. The maximum Gasteiger partial charge on any atom is 0.251 e. The molecule has 0 bridgehead atoms. The fraction of sp³-hybridized carbons (Fsp3) is 0.438. The Bertz CT molecular complexity index is 704. The zero-order chi connectivity index (χ0) is 17.1. The van der Waals surface area contributed by atoms with E-state index < -0.39 is 5.91 Å². The molecule has 8 heteroatoms. The van der Waals surface area contributed by atoms with E-state index in [-0.39, 0.29) is 11.9 Å². The predicted molar refractivity (Wildman–Crippen MR) is 93.1 cm³/mol. The minimum atomic E-state index is -0.528. The van der Waals surface area contributed by atoms with Crippen molar-refractivity contribution in [2.75, 3.05) is 18.4 Å². The van der Waals surface area contributed by atoms with E-state index >= 15 is 0 Å². The van der Waals surface area contributed by atoms with Crippen LogP contribution in [0, 0.1) is 0 Å². The minimum absolute atomic E-state index is 0.110. The highest BCUT2D eigenvalue weighted by atomic mass is 32.1. The molecule has 1 atom stereocenters. The molecule has 1 aliphatic rings. The van der Waals surface area contributed by atoms with Gasteiger partial charge >= 0.3 is 0 Å². The number of rotatable bonds is 5. The van der Waals surface area contributed by atoms with Crippen molar-refractivity contribution in [3.8, 4) is 0 Å². The van der Waals surface area contributed by atoms with Crippen LogP contribution in [0.25, 0.3) is 0 Å². The van der Waals surface area contributed by atoms with E-state index in [0.717, 1.165) is 25.9 Å². The SMILES string of the molecule is C[C@H](C(=O)Nc1sccc1C(N)=O)N1CCC(c2cn[nH]c2)CC1. The number of nitrogens with zero attached hydrogens (tertiary/aromatic N) is 2. The van der Waals surface area contributed by atoms with Crippen molar-refractivity contribution in [1.82, 2.24) is 15.1 Å². The first kappa shape index (κ1) is 16.7. The summed E-state index contributed by atoms with van der Waals surface area (Å²) in [5, 5.41) is 12.0. The molecule has 1 aliphatic heterocycles. The summed E-state index contributed by atoms with van der Waals surface area (Å²) >= 11 is 1.31. The van der Waals surface area contributed by atoms with E-state index in [1.807, 2.05) is 19.3 Å². The molecule has 0 saturated carbocycles. The van der Waals surface area contributed by atoms with Gasteiger partial charge in [0.05, 0.1) is 17.8 Å². The molecular weight excluding hydrogens is 326 g/mol. The summed E-state index contributed by atoms with van der Waals surface area (Å²) in [6.45, 7) is 3.61. The molecule has 2 aromatic rings. The third-order valence-electron chi connectivity index (χ3n) is 4.61. The van der Waals surface area contributed by atoms with E-state index in [0.29, 0.717) is 16.5 Å². The normalized spacial score (nSPS) is 17.5. The monoisotopic (exact) mass is 347 g/mol. The van der Waals surface area contributed by atoms with Gasteiger partial charge in [0.25, 0.3) is 5.91 Å². The van der Waals surface area contributed by atoms with Gasteiger partial charge in [-0.15, -0.1) is 11.3 Å². The molecule has 128 valence electrons. The first-order valence-corrected chi connectivity index (χ1v) is 8.85. The Balaban J connectivity index is 1.56. The van der Waals surface area contributed by atoms with Crippen LogP contribution in [0.4, 0.5) is 5.00 Å². The van der Waals surface area contributed by atoms with Gasteiger partial charge in [-0.3, -0.25) is 19.6 Å². The van der Waals surface area contributed by atoms with Gasteiger partial charge in [-0.05, 0) is 55.8 Å². The third kappa shape index (κ3) is 3.49. The van der Waals surface area contributed by atoms with E-state index in [2.05, 4.69) is 20.4 Å². The van der Waals surface area contributed by atoms with Crippen LogP contribution in [-0.4, -0.2) is 46.0 Å². The summed E-state index contributed by atoms with van der Waals surface area (Å²) in [5.74, 6) is -0.143. The highest BCUT2D eigenvalue weighted by Gasteiger charge is 2.28. The van der Waals surface area contributed by atoms with Crippen LogP contribution < -0.4 is 11.1 Å². The van der Waals surface area contributed by atoms with Crippen LogP contribution in [0.2, 0.25) is 0 Å². The Hall–Kier alpha value is -2.19. The number of thiophene rings is 1. The van der Waals surface area contributed by atoms with Gasteiger partial charge in [0.15, 0.2) is 0 Å². The van der Waals surface area contributed by atoms with Crippen molar-refractivity contribution >= 4 is 28.2 Å². The van der Waals surface area contributed by atoms with Gasteiger partial charge < -0.3 is 11.1 Å². The highest BCUT2D eigenvalue weighted by molar-refractivity contribution is 7.14. The topological polar surface area (TPSA) is 104 Å². The third-order valence-corrected chi connectivity index (χ3v) is 5.44. The van der Waals surface area contributed by atoms with Crippen LogP contribution in [0.15, 0.2) is 23.8 Å². The van der Waals surface area contributed by atoms with Gasteiger partial charge in [-0.25, -0.2) is 0 Å². The number of primary amides is 1. The van der Waals surface area contributed by atoms with Crippen molar-refractivity contribution in [3.05, 3.63) is 35.0 Å². The van der Waals surface area contributed by atoms with Crippen LogP contribution in [0.1, 0.15) is 41.6 Å². The number of nitrogens with one attached hydrogen (secondary N) is 2. The van der Waals surface area contributed by atoms with Gasteiger partial charge in [-0.2, -0.15) is 5.10 Å². The second-order valence-corrected chi connectivity index (χ2v) is 6.95. The number of carbonyl (C=O) groups is 2. The van der Waals surface area contributed by atoms with Gasteiger partial charge in [-0.1, -0.05) is 0 Å². The van der Waals surface area contributed by atoms with Crippen LogP contribution in [0.5, 0.6) is 0 Å². The van der Waals surface area contributed by atoms with Crippen LogP contribution in [0.3, 0.4) is 0 Å². The van der Waals surface area contributed by atoms with Gasteiger partial charge in [0, 0.05) is 6.20 Å². The Kier molecular flexibility index (Phi) is 4.96. The smallest absolute Gasteiger partial charge is 0.251 e. The first-order chi connectivity index (χ1) is 11.6. The first-order valence-electron chi connectivity index (χ1n) is 7.97. The second-order valence-electron chi connectivity index (χ2n) is 6.03. The lowest BCUT2D eigenvalue weighted by molar-refractivity contribution is -0.121. The fourth-order valence-electron chi connectivity index (χ4n) is 3.09. The summed E-state index contributed by atoms with van der Waals surface area (Å²) in [6, 6.07) is 1.38. The quantitative estimate of drug-likeness (QED) is 0.767. The Morgan fingerprint density at radius 3 is 2.83 bits per heavy atom. The number of aromatic amines is 1. The predicted octanol–water partition coefficient (Wildman–Crippen LogP) is 1.78. The number of piperidine rings is 1. The highest BCUT2D eigenvalue weighted by Crippen LogP contribution is 2.28. The summed E-state index contributed by atoms with van der Waals surface area (Å²) in [7, 11) is 0. The molecule has 3 rings (SSSR count). The van der Waals surface area contributed by atoms with Gasteiger partial charge in [0.1, 0.15) is 5.00 Å². The number of carbonyl (C=O) groups excluding carboxylic acids is 2. The van der Waals surface area contributed by atoms with Crippen molar-refractivity contribution in [1.29, 1.82) is 0 Å². The number of aromatic nitrogens is 2. The molecular formula is C16H21N5O2S. The number of likely N-dealkylation sites (tertiary alicyclic amines) is 1. The Morgan fingerprint density at radius 1 is 1.46 bits per heavy atom. The Morgan fingerprint density at radius 2 is 2.21 bits per heavy atom. The minimum Gasteiger partial charge on any atom is -0.366 e.